The van der Waals surface area contributed by atoms with E-state index in [1.165, 1.54) is 11.3 Å². The average molecular weight is 357 g/mol. The Labute approximate surface area is 160 Å². The Kier molecular flexibility index (Phi) is 4.50. The summed E-state index contributed by atoms with van der Waals surface area (Å²) in [5, 5.41) is 9.30. The van der Waals surface area contributed by atoms with Crippen molar-refractivity contribution >= 4 is 11.8 Å². The molecule has 4 rings (SSSR count). The Morgan fingerprint density at radius 3 is 2.89 bits per heavy atom. The second kappa shape index (κ2) is 6.97. The molecule has 0 atom stereocenters. The van der Waals surface area contributed by atoms with Crippen molar-refractivity contribution in [3.8, 4) is 6.07 Å². The molecule has 136 valence electrons. The summed E-state index contributed by atoms with van der Waals surface area (Å²) in [6, 6.07) is 8.59. The number of benzene rings is 1. The smallest absolute Gasteiger partial charge is 0.265 e. The van der Waals surface area contributed by atoms with Gasteiger partial charge in [-0.05, 0) is 73.1 Å². The lowest BCUT2D eigenvalue weighted by Gasteiger charge is -2.35. The summed E-state index contributed by atoms with van der Waals surface area (Å²) in [7, 11) is 2.13. The lowest BCUT2D eigenvalue weighted by Crippen LogP contribution is -2.31. The van der Waals surface area contributed by atoms with Gasteiger partial charge < -0.3 is 9.64 Å². The van der Waals surface area contributed by atoms with Gasteiger partial charge in [-0.3, -0.25) is 0 Å². The van der Waals surface area contributed by atoms with Crippen LogP contribution in [0.5, 0.6) is 0 Å². The molecule has 2 aliphatic heterocycles. The van der Waals surface area contributed by atoms with E-state index in [1.54, 1.807) is 0 Å². The molecule has 1 spiro atoms. The number of likely N-dealkylation sites (N-methyl/N-ethyl adjacent to an activating group) is 1. The number of hydrogen-bond donors (Lipinski definition) is 0. The molecule has 4 heteroatoms. The molecule has 4 nitrogen and oxygen atoms in total. The summed E-state index contributed by atoms with van der Waals surface area (Å²) in [6.07, 6.45) is 11.9. The molecule has 2 heterocycles. The summed E-state index contributed by atoms with van der Waals surface area (Å²) in [4.78, 5) is 5.71. The molecule has 1 saturated carbocycles. The van der Waals surface area contributed by atoms with Crippen molar-refractivity contribution in [3.63, 3.8) is 0 Å². The van der Waals surface area contributed by atoms with Gasteiger partial charge in [-0.15, -0.1) is 0 Å². The molecule has 0 radical (unpaired) electrons. The van der Waals surface area contributed by atoms with Crippen molar-refractivity contribution in [1.82, 2.24) is 0 Å². The zero-order chi connectivity index (χ0) is 18.9. The molecule has 3 aliphatic rings. The molecule has 1 aliphatic carbocycles. The number of ether oxygens (including phenoxy) is 1. The van der Waals surface area contributed by atoms with E-state index in [-0.39, 0.29) is 11.3 Å². The lowest BCUT2D eigenvalue weighted by atomic mass is 9.88. The van der Waals surface area contributed by atoms with Gasteiger partial charge in [0.1, 0.15) is 11.4 Å². The quantitative estimate of drug-likeness (QED) is 0.552. The Morgan fingerprint density at radius 2 is 2.15 bits per heavy atom. The summed E-state index contributed by atoms with van der Waals surface area (Å²) in [5.41, 5.74) is 4.61. The Balaban J connectivity index is 1.64. The average Bonchev–Trinajstić information content (AvgIpc) is 3.27. The first kappa shape index (κ1) is 17.4. The lowest BCUT2D eigenvalue weighted by molar-refractivity contribution is 0.00776. The zero-order valence-corrected chi connectivity index (χ0v) is 15.7. The van der Waals surface area contributed by atoms with Gasteiger partial charge in [0.05, 0.1) is 12.6 Å². The van der Waals surface area contributed by atoms with Crippen molar-refractivity contribution in [1.29, 1.82) is 5.26 Å². The zero-order valence-electron chi connectivity index (χ0n) is 15.7. The topological polar surface area (TPSA) is 40.6 Å². The molecule has 0 saturated heterocycles. The highest BCUT2D eigenvalue weighted by Crippen LogP contribution is 2.44. The maximum atomic E-state index is 9.30. The van der Waals surface area contributed by atoms with Crippen LogP contribution in [0.4, 0.5) is 5.69 Å². The SMILES string of the molecule is [C-]#[N+]C(C#N)=C1C=C(C=Cc2ccc3c(c2)CCN3C)OC2(CCCC2)C1. The van der Waals surface area contributed by atoms with Crippen molar-refractivity contribution in [2.75, 3.05) is 18.5 Å². The molecular formula is C23H23N3O. The molecule has 0 amide bonds. The molecule has 1 aromatic carbocycles. The van der Waals surface area contributed by atoms with Crippen molar-refractivity contribution in [2.45, 2.75) is 44.1 Å². The summed E-state index contributed by atoms with van der Waals surface area (Å²) >= 11 is 0. The maximum absolute atomic E-state index is 9.30. The third kappa shape index (κ3) is 3.36. The highest BCUT2D eigenvalue weighted by atomic mass is 16.5. The van der Waals surface area contributed by atoms with Crippen LogP contribution >= 0.6 is 0 Å². The second-order valence-corrected chi connectivity index (χ2v) is 7.71. The maximum Gasteiger partial charge on any atom is 0.265 e. The van der Waals surface area contributed by atoms with E-state index in [0.717, 1.165) is 55.5 Å². The minimum Gasteiger partial charge on any atom is -0.487 e. The number of hydrogen-bond acceptors (Lipinski definition) is 3. The van der Waals surface area contributed by atoms with Gasteiger partial charge in [0.2, 0.25) is 0 Å². The molecule has 1 fully saturated rings. The molecule has 27 heavy (non-hydrogen) atoms. The number of nitriles is 1. The molecule has 0 bridgehead atoms. The second-order valence-electron chi connectivity index (χ2n) is 7.71. The Hall–Kier alpha value is -2.98. The monoisotopic (exact) mass is 357 g/mol. The van der Waals surface area contributed by atoms with Gasteiger partial charge in [0.25, 0.3) is 5.70 Å². The van der Waals surface area contributed by atoms with Gasteiger partial charge in [-0.25, -0.2) is 10.1 Å². The molecule has 0 unspecified atom stereocenters. The fourth-order valence-corrected chi connectivity index (χ4v) is 4.46. The van der Waals surface area contributed by atoms with Crippen molar-refractivity contribution in [3.05, 3.63) is 69.9 Å². The van der Waals surface area contributed by atoms with Crippen LogP contribution in [-0.4, -0.2) is 19.2 Å². The number of anilines is 1. The van der Waals surface area contributed by atoms with E-state index in [4.69, 9.17) is 11.3 Å². The number of rotatable bonds is 2. The van der Waals surface area contributed by atoms with Crippen molar-refractivity contribution < 1.29 is 4.74 Å². The van der Waals surface area contributed by atoms with Gasteiger partial charge in [0.15, 0.2) is 0 Å². The predicted molar refractivity (Wildman–Crippen MR) is 107 cm³/mol. The minimum atomic E-state index is -0.239. The van der Waals surface area contributed by atoms with Gasteiger partial charge in [-0.1, -0.05) is 12.1 Å². The first-order chi connectivity index (χ1) is 13.1. The van der Waals surface area contributed by atoms with Crippen LogP contribution in [-0.2, 0) is 11.2 Å². The third-order valence-corrected chi connectivity index (χ3v) is 5.87. The number of fused-ring (bicyclic) bond motifs is 1. The molecule has 1 aromatic rings. The van der Waals surface area contributed by atoms with Crippen LogP contribution in [0.2, 0.25) is 0 Å². The van der Waals surface area contributed by atoms with E-state index in [1.807, 2.05) is 12.2 Å². The normalized spacial score (nSPS) is 22.2. The predicted octanol–water partition coefficient (Wildman–Crippen LogP) is 5.01. The Morgan fingerprint density at radius 1 is 1.33 bits per heavy atom. The minimum absolute atomic E-state index is 0.191. The van der Waals surface area contributed by atoms with Crippen LogP contribution < -0.4 is 4.90 Å². The molecule has 0 aromatic heterocycles. The fraction of sp³-hybridized carbons (Fsp3) is 0.391. The Bertz CT molecular complexity index is 917. The van der Waals surface area contributed by atoms with Crippen molar-refractivity contribution in [2.24, 2.45) is 0 Å². The van der Waals surface area contributed by atoms with Crippen LogP contribution in [0.1, 0.15) is 43.2 Å². The van der Waals surface area contributed by atoms with E-state index in [9.17, 15) is 5.26 Å². The van der Waals surface area contributed by atoms with E-state index >= 15 is 0 Å². The fourth-order valence-electron chi connectivity index (χ4n) is 4.46. The van der Waals surface area contributed by atoms with Crippen LogP contribution in [0.15, 0.2) is 47.4 Å². The number of nitrogens with zero attached hydrogens (tertiary/aromatic N) is 3. The summed E-state index contributed by atoms with van der Waals surface area (Å²) in [6.45, 7) is 8.37. The standard InChI is InChI=1S/C23H23N3O/c1-25-21(16-24)19-14-20(27-23(15-19)10-3-4-11-23)7-5-17-6-8-22-18(13-17)9-12-26(22)2/h5-8,13-14H,3-4,9-12,15H2,2H3. The number of allylic oxidation sites excluding steroid dienone is 3. The highest BCUT2D eigenvalue weighted by molar-refractivity contribution is 5.64. The van der Waals surface area contributed by atoms with E-state index in [0.29, 0.717) is 6.42 Å². The summed E-state index contributed by atoms with van der Waals surface area (Å²) in [5.74, 6) is 0.757. The third-order valence-electron chi connectivity index (χ3n) is 5.87. The van der Waals surface area contributed by atoms with Gasteiger partial charge >= 0.3 is 0 Å². The van der Waals surface area contributed by atoms with Crippen LogP contribution in [0.3, 0.4) is 0 Å². The van der Waals surface area contributed by atoms with E-state index < -0.39 is 0 Å². The van der Waals surface area contributed by atoms with Crippen LogP contribution in [0, 0.1) is 17.9 Å². The first-order valence-electron chi connectivity index (χ1n) is 9.56. The van der Waals surface area contributed by atoms with Crippen LogP contribution in [0.25, 0.3) is 10.9 Å². The first-order valence-corrected chi connectivity index (χ1v) is 9.56. The van der Waals surface area contributed by atoms with E-state index in [2.05, 4.69) is 47.1 Å². The van der Waals surface area contributed by atoms with Gasteiger partial charge in [-0.2, -0.15) is 0 Å². The molecule has 0 N–H and O–H groups in total. The van der Waals surface area contributed by atoms with Gasteiger partial charge in [0, 0.05) is 25.7 Å². The highest BCUT2D eigenvalue weighted by Gasteiger charge is 2.39. The molecular weight excluding hydrogens is 334 g/mol. The largest absolute Gasteiger partial charge is 0.487 e. The summed E-state index contributed by atoms with van der Waals surface area (Å²) < 4.78 is 6.36.